The van der Waals surface area contributed by atoms with Crippen LogP contribution in [0.5, 0.6) is 5.75 Å². The molecular formula is C14H16F2N2O2S. The second kappa shape index (κ2) is 7.44. The van der Waals surface area contributed by atoms with Crippen molar-refractivity contribution in [3.8, 4) is 5.75 Å². The number of nitrogens with zero attached hydrogens (tertiary/aromatic N) is 1. The molecule has 2 atom stereocenters. The first-order valence-electron chi connectivity index (χ1n) is 6.42. The third-order valence-corrected chi connectivity index (χ3v) is 3.89. The van der Waals surface area contributed by atoms with Crippen LogP contribution in [0.4, 0.5) is 8.78 Å². The first kappa shape index (κ1) is 15.8. The summed E-state index contributed by atoms with van der Waals surface area (Å²) >= 11 is 1.54. The van der Waals surface area contributed by atoms with E-state index in [0.29, 0.717) is 12.1 Å². The van der Waals surface area contributed by atoms with Gasteiger partial charge < -0.3 is 15.2 Å². The number of thiazole rings is 1. The number of halogens is 2. The molecule has 21 heavy (non-hydrogen) atoms. The molecule has 2 rings (SSSR count). The van der Waals surface area contributed by atoms with E-state index in [1.165, 1.54) is 12.1 Å². The van der Waals surface area contributed by atoms with Crippen molar-refractivity contribution in [1.29, 1.82) is 0 Å². The van der Waals surface area contributed by atoms with Gasteiger partial charge in [-0.15, -0.1) is 11.3 Å². The lowest BCUT2D eigenvalue weighted by atomic mass is 10.1. The summed E-state index contributed by atoms with van der Waals surface area (Å²) in [5, 5.41) is 16.1. The van der Waals surface area contributed by atoms with Crippen molar-refractivity contribution < 1.29 is 18.6 Å². The lowest BCUT2D eigenvalue weighted by Gasteiger charge is -2.16. The highest BCUT2D eigenvalue weighted by Gasteiger charge is 2.12. The molecule has 1 aromatic heterocycles. The van der Waals surface area contributed by atoms with Gasteiger partial charge in [0.25, 0.3) is 0 Å². The Morgan fingerprint density at radius 1 is 1.33 bits per heavy atom. The average Bonchev–Trinajstić information content (AvgIpc) is 2.99. The Morgan fingerprint density at radius 2 is 2.05 bits per heavy atom. The number of hydrogen-bond acceptors (Lipinski definition) is 5. The van der Waals surface area contributed by atoms with Gasteiger partial charge in [0.15, 0.2) is 0 Å². The number of alkyl halides is 2. The van der Waals surface area contributed by atoms with E-state index in [-0.39, 0.29) is 11.8 Å². The van der Waals surface area contributed by atoms with Gasteiger partial charge >= 0.3 is 6.61 Å². The highest BCUT2D eigenvalue weighted by atomic mass is 32.1. The third-order valence-electron chi connectivity index (χ3n) is 2.93. The van der Waals surface area contributed by atoms with Crippen LogP contribution in [0.2, 0.25) is 0 Å². The highest BCUT2D eigenvalue weighted by Crippen LogP contribution is 2.20. The molecule has 114 valence electrons. The Labute approximate surface area is 125 Å². The SMILES string of the molecule is CC(NCC(O)c1ccc(OC(F)F)cc1)c1nccs1. The molecule has 0 saturated carbocycles. The molecule has 0 aliphatic rings. The summed E-state index contributed by atoms with van der Waals surface area (Å²) in [7, 11) is 0. The van der Waals surface area contributed by atoms with Crippen LogP contribution >= 0.6 is 11.3 Å². The molecule has 0 radical (unpaired) electrons. The molecule has 1 heterocycles. The maximum Gasteiger partial charge on any atom is 0.387 e. The summed E-state index contributed by atoms with van der Waals surface area (Å²) in [6.45, 7) is -0.539. The van der Waals surface area contributed by atoms with Crippen molar-refractivity contribution in [2.75, 3.05) is 6.54 Å². The Hall–Kier alpha value is -1.57. The predicted molar refractivity (Wildman–Crippen MR) is 76.6 cm³/mol. The number of aromatic nitrogens is 1. The molecule has 0 aliphatic carbocycles. The maximum atomic E-state index is 12.0. The smallest absolute Gasteiger partial charge is 0.387 e. The summed E-state index contributed by atoms with van der Waals surface area (Å²) < 4.78 is 28.3. The van der Waals surface area contributed by atoms with E-state index in [1.54, 1.807) is 29.7 Å². The van der Waals surface area contributed by atoms with Crippen molar-refractivity contribution in [1.82, 2.24) is 10.3 Å². The van der Waals surface area contributed by atoms with E-state index >= 15 is 0 Å². The van der Waals surface area contributed by atoms with E-state index < -0.39 is 12.7 Å². The molecule has 0 bridgehead atoms. The predicted octanol–water partition coefficient (Wildman–Crippen LogP) is 3.13. The van der Waals surface area contributed by atoms with Crippen molar-refractivity contribution in [2.24, 2.45) is 0 Å². The molecule has 7 heteroatoms. The summed E-state index contributed by atoms with van der Waals surface area (Å²) in [6, 6.07) is 6.00. The minimum Gasteiger partial charge on any atom is -0.435 e. The van der Waals surface area contributed by atoms with Gasteiger partial charge in [0, 0.05) is 18.1 Å². The van der Waals surface area contributed by atoms with Crippen LogP contribution in [0, 0.1) is 0 Å². The Kier molecular flexibility index (Phi) is 5.60. The molecule has 0 aliphatic heterocycles. The van der Waals surface area contributed by atoms with Gasteiger partial charge in [0.05, 0.1) is 12.1 Å². The number of benzene rings is 1. The minimum absolute atomic E-state index is 0.0427. The molecule has 4 nitrogen and oxygen atoms in total. The van der Waals surface area contributed by atoms with E-state index in [9.17, 15) is 13.9 Å². The van der Waals surface area contributed by atoms with Gasteiger partial charge in [0.1, 0.15) is 10.8 Å². The largest absolute Gasteiger partial charge is 0.435 e. The summed E-state index contributed by atoms with van der Waals surface area (Å²) in [4.78, 5) is 4.19. The molecule has 2 N–H and O–H groups in total. The molecule has 2 aromatic rings. The zero-order chi connectivity index (χ0) is 15.2. The van der Waals surface area contributed by atoms with E-state index in [2.05, 4.69) is 15.0 Å². The lowest BCUT2D eigenvalue weighted by molar-refractivity contribution is -0.0498. The molecule has 2 unspecified atom stereocenters. The fourth-order valence-electron chi connectivity index (χ4n) is 1.81. The van der Waals surface area contributed by atoms with Crippen LogP contribution < -0.4 is 10.1 Å². The maximum absolute atomic E-state index is 12.0. The first-order valence-corrected chi connectivity index (χ1v) is 7.30. The van der Waals surface area contributed by atoms with Gasteiger partial charge in [-0.3, -0.25) is 0 Å². The van der Waals surface area contributed by atoms with Crippen LogP contribution in [0.1, 0.15) is 29.6 Å². The van der Waals surface area contributed by atoms with Crippen molar-refractivity contribution in [2.45, 2.75) is 25.7 Å². The number of aliphatic hydroxyl groups excluding tert-OH is 1. The van der Waals surface area contributed by atoms with Crippen LogP contribution in [-0.2, 0) is 0 Å². The number of rotatable bonds is 7. The molecule has 0 fully saturated rings. The van der Waals surface area contributed by atoms with Gasteiger partial charge in [-0.05, 0) is 24.6 Å². The molecule has 0 saturated heterocycles. The van der Waals surface area contributed by atoms with Gasteiger partial charge in [-0.2, -0.15) is 8.78 Å². The quantitative estimate of drug-likeness (QED) is 0.824. The number of aliphatic hydroxyl groups is 1. The van der Waals surface area contributed by atoms with Crippen LogP contribution in [0.25, 0.3) is 0 Å². The fourth-order valence-corrected chi connectivity index (χ4v) is 2.48. The second-order valence-corrected chi connectivity index (χ2v) is 5.39. The average molecular weight is 314 g/mol. The Balaban J connectivity index is 1.86. The second-order valence-electron chi connectivity index (χ2n) is 4.46. The van der Waals surface area contributed by atoms with Gasteiger partial charge in [0.2, 0.25) is 0 Å². The number of hydrogen-bond donors (Lipinski definition) is 2. The third kappa shape index (κ3) is 4.73. The Bertz CT molecular complexity index is 534. The standard InChI is InChI=1S/C14H16F2N2O2S/c1-9(13-17-6-7-21-13)18-8-12(19)10-2-4-11(5-3-10)20-14(15)16/h2-7,9,12,14,18-19H,8H2,1H3. The van der Waals surface area contributed by atoms with E-state index in [4.69, 9.17) is 0 Å². The zero-order valence-electron chi connectivity index (χ0n) is 11.4. The zero-order valence-corrected chi connectivity index (χ0v) is 12.2. The van der Waals surface area contributed by atoms with E-state index in [1.807, 2.05) is 12.3 Å². The van der Waals surface area contributed by atoms with Crippen molar-refractivity contribution >= 4 is 11.3 Å². The number of nitrogens with one attached hydrogen (secondary N) is 1. The van der Waals surface area contributed by atoms with E-state index in [0.717, 1.165) is 5.01 Å². The highest BCUT2D eigenvalue weighted by molar-refractivity contribution is 7.09. The van der Waals surface area contributed by atoms with Crippen LogP contribution in [-0.4, -0.2) is 23.2 Å². The van der Waals surface area contributed by atoms with Gasteiger partial charge in [-0.25, -0.2) is 4.98 Å². The molecule has 0 amide bonds. The molecule has 1 aromatic carbocycles. The van der Waals surface area contributed by atoms with Crippen molar-refractivity contribution in [3.05, 3.63) is 46.4 Å². The minimum atomic E-state index is -2.85. The van der Waals surface area contributed by atoms with Crippen LogP contribution in [0.15, 0.2) is 35.8 Å². The molecular weight excluding hydrogens is 298 g/mol. The number of ether oxygens (including phenoxy) is 1. The summed E-state index contributed by atoms with van der Waals surface area (Å²) in [5.41, 5.74) is 0.635. The Morgan fingerprint density at radius 3 is 2.62 bits per heavy atom. The summed E-state index contributed by atoms with van der Waals surface area (Å²) in [5.74, 6) is 0.0741. The fraction of sp³-hybridized carbons (Fsp3) is 0.357. The summed E-state index contributed by atoms with van der Waals surface area (Å²) in [6.07, 6.45) is 1.00. The molecule has 0 spiro atoms. The van der Waals surface area contributed by atoms with Crippen LogP contribution in [0.3, 0.4) is 0 Å². The lowest BCUT2D eigenvalue weighted by Crippen LogP contribution is -2.24. The van der Waals surface area contributed by atoms with Crippen molar-refractivity contribution in [3.63, 3.8) is 0 Å². The topological polar surface area (TPSA) is 54.4 Å². The first-order chi connectivity index (χ1) is 10.1. The monoisotopic (exact) mass is 314 g/mol. The van der Waals surface area contributed by atoms with Gasteiger partial charge in [-0.1, -0.05) is 12.1 Å². The normalized spacial score (nSPS) is 14.1.